The van der Waals surface area contributed by atoms with Gasteiger partial charge in [0.2, 0.25) is 0 Å². The van der Waals surface area contributed by atoms with E-state index in [1.807, 2.05) is 33.2 Å². The molecule has 0 aromatic heterocycles. The van der Waals surface area contributed by atoms with Gasteiger partial charge in [0.15, 0.2) is 0 Å². The number of anilines is 2. The molecule has 0 saturated heterocycles. The Hall–Kier alpha value is -2.84. The summed E-state index contributed by atoms with van der Waals surface area (Å²) in [7, 11) is -0.0353. The van der Waals surface area contributed by atoms with Crippen molar-refractivity contribution in [2.75, 3.05) is 37.2 Å². The quantitative estimate of drug-likeness (QED) is 0.509. The predicted octanol–water partition coefficient (Wildman–Crippen LogP) is 3.90. The van der Waals surface area contributed by atoms with E-state index < -0.39 is 16.0 Å². The lowest BCUT2D eigenvalue weighted by Crippen LogP contribution is -2.20. The van der Waals surface area contributed by atoms with Crippen molar-refractivity contribution in [1.29, 1.82) is 0 Å². The Bertz CT molecular complexity index is 1110. The van der Waals surface area contributed by atoms with Gasteiger partial charge in [-0.25, -0.2) is 13.2 Å². The molecular formula is C23H29N3O4S. The lowest BCUT2D eigenvalue weighted by Gasteiger charge is -2.21. The number of para-hydroxylation sites is 1. The Morgan fingerprint density at radius 3 is 2.58 bits per heavy atom. The maximum atomic E-state index is 13.2. The normalized spacial score (nSPS) is 13.5. The van der Waals surface area contributed by atoms with Crippen molar-refractivity contribution in [3.05, 3.63) is 59.2 Å². The van der Waals surface area contributed by atoms with Gasteiger partial charge in [-0.3, -0.25) is 4.72 Å². The summed E-state index contributed by atoms with van der Waals surface area (Å²) in [5.74, 6) is -1.15. The molecule has 0 aliphatic heterocycles. The Morgan fingerprint density at radius 2 is 1.87 bits per heavy atom. The minimum atomic E-state index is -4.00. The lowest BCUT2D eigenvalue weighted by atomic mass is 9.87. The maximum absolute atomic E-state index is 13.2. The van der Waals surface area contributed by atoms with Gasteiger partial charge in [-0.2, -0.15) is 0 Å². The zero-order valence-electron chi connectivity index (χ0n) is 18.1. The van der Waals surface area contributed by atoms with Crippen LogP contribution in [-0.4, -0.2) is 51.6 Å². The molecule has 0 heterocycles. The molecule has 1 aliphatic carbocycles. The van der Waals surface area contributed by atoms with Gasteiger partial charge in [-0.15, -0.1) is 0 Å². The van der Waals surface area contributed by atoms with Crippen molar-refractivity contribution in [3.8, 4) is 0 Å². The average Bonchev–Trinajstić information content (AvgIpc) is 2.71. The third-order valence-corrected chi connectivity index (χ3v) is 6.71. The molecule has 0 bridgehead atoms. The van der Waals surface area contributed by atoms with Crippen LogP contribution in [-0.2, 0) is 16.4 Å². The van der Waals surface area contributed by atoms with Crippen LogP contribution in [0, 0.1) is 0 Å². The zero-order chi connectivity index (χ0) is 22.6. The van der Waals surface area contributed by atoms with Crippen LogP contribution in [0.2, 0.25) is 0 Å². The number of allylic oxidation sites excluding steroid dienone is 2. The van der Waals surface area contributed by atoms with Crippen LogP contribution in [0.5, 0.6) is 0 Å². The molecule has 0 radical (unpaired) electrons. The molecule has 3 rings (SSSR count). The first-order valence-corrected chi connectivity index (χ1v) is 11.8. The summed E-state index contributed by atoms with van der Waals surface area (Å²) >= 11 is 0. The number of rotatable bonds is 9. The lowest BCUT2D eigenvalue weighted by molar-refractivity contribution is 0.0697. The first kappa shape index (κ1) is 22.8. The number of nitrogens with zero attached hydrogens (tertiary/aromatic N) is 1. The molecule has 2 aromatic carbocycles. The number of hydrogen-bond donors (Lipinski definition) is 3. The minimum Gasteiger partial charge on any atom is -0.478 e. The standard InChI is InChI=1S/C23H29N3O4S/c1-16-8-6-9-17-12-13-19(22(21(16)17)23(27)28)25-31(29,30)20-11-5-4-10-18(20)24-14-7-15-26(2)3/h4-5,8,10-13,24-25H,6-7,9,14-15H2,1-3H3,(H,27,28). The number of aromatic carboxylic acids is 1. The van der Waals surface area contributed by atoms with Gasteiger partial charge in [0.05, 0.1) is 16.9 Å². The van der Waals surface area contributed by atoms with E-state index in [0.717, 1.165) is 36.9 Å². The van der Waals surface area contributed by atoms with Crippen LogP contribution < -0.4 is 10.0 Å². The molecule has 0 atom stereocenters. The molecule has 1 aliphatic rings. The van der Waals surface area contributed by atoms with Crippen molar-refractivity contribution >= 4 is 32.9 Å². The van der Waals surface area contributed by atoms with Crippen LogP contribution in [0.4, 0.5) is 11.4 Å². The number of benzene rings is 2. The van der Waals surface area contributed by atoms with E-state index in [1.165, 1.54) is 6.07 Å². The van der Waals surface area contributed by atoms with Crippen LogP contribution >= 0.6 is 0 Å². The number of nitrogens with one attached hydrogen (secondary N) is 2. The van der Waals surface area contributed by atoms with E-state index >= 15 is 0 Å². The van der Waals surface area contributed by atoms with Gasteiger partial charge in [0.25, 0.3) is 10.0 Å². The van der Waals surface area contributed by atoms with Crippen molar-refractivity contribution in [2.24, 2.45) is 0 Å². The molecular weight excluding hydrogens is 414 g/mol. The predicted molar refractivity (Wildman–Crippen MR) is 124 cm³/mol. The van der Waals surface area contributed by atoms with E-state index in [-0.39, 0.29) is 16.1 Å². The molecule has 0 unspecified atom stereocenters. The fourth-order valence-electron chi connectivity index (χ4n) is 3.82. The highest BCUT2D eigenvalue weighted by Gasteiger charge is 2.26. The summed E-state index contributed by atoms with van der Waals surface area (Å²) < 4.78 is 29.0. The Balaban J connectivity index is 1.93. The summed E-state index contributed by atoms with van der Waals surface area (Å²) in [6.45, 7) is 3.35. The molecule has 0 fully saturated rings. The third-order valence-electron chi connectivity index (χ3n) is 5.28. The number of carboxylic acid groups (broad SMARTS) is 1. The first-order chi connectivity index (χ1) is 14.7. The number of hydrogen-bond acceptors (Lipinski definition) is 5. The number of carboxylic acids is 1. The summed E-state index contributed by atoms with van der Waals surface area (Å²) in [5, 5.41) is 13.1. The van der Waals surface area contributed by atoms with E-state index in [2.05, 4.69) is 14.9 Å². The molecule has 3 N–H and O–H groups in total. The highest BCUT2D eigenvalue weighted by atomic mass is 32.2. The Kier molecular flexibility index (Phi) is 7.02. The highest BCUT2D eigenvalue weighted by molar-refractivity contribution is 7.92. The van der Waals surface area contributed by atoms with Gasteiger partial charge in [0.1, 0.15) is 4.90 Å². The number of aryl methyl sites for hydroxylation is 1. The van der Waals surface area contributed by atoms with E-state index in [0.29, 0.717) is 17.8 Å². The summed E-state index contributed by atoms with van der Waals surface area (Å²) in [6.07, 6.45) is 4.42. The first-order valence-electron chi connectivity index (χ1n) is 10.3. The second-order valence-corrected chi connectivity index (χ2v) is 9.59. The van der Waals surface area contributed by atoms with Gasteiger partial charge >= 0.3 is 5.97 Å². The molecule has 0 saturated carbocycles. The number of fused-ring (bicyclic) bond motifs is 1. The molecule has 166 valence electrons. The smallest absolute Gasteiger partial charge is 0.338 e. The fourth-order valence-corrected chi connectivity index (χ4v) is 5.08. The van der Waals surface area contributed by atoms with Gasteiger partial charge in [-0.05, 0) is 81.7 Å². The van der Waals surface area contributed by atoms with Crippen molar-refractivity contribution < 1.29 is 18.3 Å². The number of carbonyl (C=O) groups is 1. The van der Waals surface area contributed by atoms with E-state index in [1.54, 1.807) is 24.3 Å². The van der Waals surface area contributed by atoms with Crippen molar-refractivity contribution in [1.82, 2.24) is 4.90 Å². The Morgan fingerprint density at radius 1 is 1.13 bits per heavy atom. The largest absolute Gasteiger partial charge is 0.478 e. The molecule has 2 aromatic rings. The van der Waals surface area contributed by atoms with E-state index in [4.69, 9.17) is 0 Å². The maximum Gasteiger partial charge on any atom is 0.338 e. The topological polar surface area (TPSA) is 98.7 Å². The van der Waals surface area contributed by atoms with Crippen LogP contribution in [0.15, 0.2) is 47.4 Å². The van der Waals surface area contributed by atoms with Gasteiger partial charge < -0.3 is 15.3 Å². The van der Waals surface area contributed by atoms with Crippen LogP contribution in [0.25, 0.3) is 5.57 Å². The molecule has 7 nitrogen and oxygen atoms in total. The summed E-state index contributed by atoms with van der Waals surface area (Å²) in [4.78, 5) is 14.2. The van der Waals surface area contributed by atoms with Crippen molar-refractivity contribution in [3.63, 3.8) is 0 Å². The second-order valence-electron chi connectivity index (χ2n) is 7.94. The molecule has 8 heteroatoms. The second kappa shape index (κ2) is 9.53. The summed E-state index contributed by atoms with van der Waals surface area (Å²) in [5.41, 5.74) is 2.92. The van der Waals surface area contributed by atoms with Crippen molar-refractivity contribution in [2.45, 2.75) is 31.1 Å². The van der Waals surface area contributed by atoms with Crippen LogP contribution in [0.1, 0.15) is 41.3 Å². The molecule has 31 heavy (non-hydrogen) atoms. The van der Waals surface area contributed by atoms with E-state index in [9.17, 15) is 18.3 Å². The van der Waals surface area contributed by atoms with Crippen LogP contribution in [0.3, 0.4) is 0 Å². The Labute approximate surface area is 183 Å². The highest BCUT2D eigenvalue weighted by Crippen LogP contribution is 2.35. The summed E-state index contributed by atoms with van der Waals surface area (Å²) in [6, 6.07) is 10.00. The zero-order valence-corrected chi connectivity index (χ0v) is 18.9. The van der Waals surface area contributed by atoms with Gasteiger partial charge in [-0.1, -0.05) is 24.3 Å². The van der Waals surface area contributed by atoms with Gasteiger partial charge in [0, 0.05) is 6.54 Å². The third kappa shape index (κ3) is 5.26. The monoisotopic (exact) mass is 443 g/mol. The fraction of sp³-hybridized carbons (Fsp3) is 0.348. The minimum absolute atomic E-state index is 0.00838. The average molecular weight is 444 g/mol. The SMILES string of the molecule is CC1=CCCc2ccc(NS(=O)(=O)c3ccccc3NCCCN(C)C)c(C(=O)O)c21. The molecule has 0 amide bonds. The number of sulfonamides is 1. The molecule has 0 spiro atoms.